The first-order valence-electron chi connectivity index (χ1n) is 6.56. The predicted molar refractivity (Wildman–Crippen MR) is 69.5 cm³/mol. The topological polar surface area (TPSA) is 85.2 Å². The van der Waals surface area contributed by atoms with Gasteiger partial charge in [0.15, 0.2) is 5.82 Å². The van der Waals surface area contributed by atoms with Gasteiger partial charge < -0.3 is 15.4 Å². The minimum absolute atomic E-state index is 0.252. The van der Waals surface area contributed by atoms with Crippen molar-refractivity contribution in [2.24, 2.45) is 11.7 Å². The Hall–Kier alpha value is -1.88. The third-order valence-electron chi connectivity index (χ3n) is 3.36. The first-order valence-corrected chi connectivity index (χ1v) is 6.56. The fourth-order valence-corrected chi connectivity index (χ4v) is 2.05. The van der Waals surface area contributed by atoms with E-state index in [-0.39, 0.29) is 11.8 Å². The van der Waals surface area contributed by atoms with E-state index in [1.54, 1.807) is 12.1 Å². The molecule has 1 aliphatic carbocycles. The van der Waals surface area contributed by atoms with Crippen LogP contribution in [0.2, 0.25) is 0 Å². The van der Waals surface area contributed by atoms with E-state index >= 15 is 0 Å². The highest BCUT2D eigenvalue weighted by Gasteiger charge is 2.25. The van der Waals surface area contributed by atoms with Crippen molar-refractivity contribution in [1.29, 1.82) is 0 Å². The summed E-state index contributed by atoms with van der Waals surface area (Å²) < 4.78 is 5.22. The van der Waals surface area contributed by atoms with E-state index in [1.807, 2.05) is 12.1 Å². The molecule has 1 aromatic heterocycles. The molecule has 1 saturated carbocycles. The zero-order chi connectivity index (χ0) is 13.2. The molecule has 0 unspecified atom stereocenters. The molecule has 0 saturated heterocycles. The molecule has 1 aromatic carbocycles. The molecule has 19 heavy (non-hydrogen) atoms. The maximum absolute atomic E-state index is 9.23. The van der Waals surface area contributed by atoms with Crippen LogP contribution < -0.4 is 5.73 Å². The molecule has 0 bridgehead atoms. The van der Waals surface area contributed by atoms with E-state index in [4.69, 9.17) is 10.3 Å². The number of nitrogens with two attached hydrogens (primary N) is 1. The number of hydrogen-bond donors (Lipinski definition) is 2. The van der Waals surface area contributed by atoms with Crippen LogP contribution in [0.4, 0.5) is 0 Å². The van der Waals surface area contributed by atoms with Gasteiger partial charge in [0.1, 0.15) is 5.75 Å². The monoisotopic (exact) mass is 259 g/mol. The van der Waals surface area contributed by atoms with E-state index in [2.05, 4.69) is 10.1 Å². The van der Waals surface area contributed by atoms with Crippen molar-refractivity contribution >= 4 is 0 Å². The first kappa shape index (κ1) is 12.2. The van der Waals surface area contributed by atoms with Gasteiger partial charge in [0.25, 0.3) is 0 Å². The largest absolute Gasteiger partial charge is 0.508 e. The quantitative estimate of drug-likeness (QED) is 0.857. The Labute approximate surface area is 111 Å². The maximum Gasteiger partial charge on any atom is 0.243 e. The average molecular weight is 259 g/mol. The van der Waals surface area contributed by atoms with Gasteiger partial charge in [-0.25, -0.2) is 0 Å². The molecule has 3 N–H and O–H groups in total. The Morgan fingerprint density at radius 1 is 1.32 bits per heavy atom. The van der Waals surface area contributed by atoms with Crippen LogP contribution in [-0.4, -0.2) is 15.2 Å². The first-order chi connectivity index (χ1) is 9.20. The molecule has 0 radical (unpaired) electrons. The third-order valence-corrected chi connectivity index (χ3v) is 3.36. The fraction of sp³-hybridized carbons (Fsp3) is 0.429. The van der Waals surface area contributed by atoms with Crippen molar-refractivity contribution in [2.45, 2.75) is 31.7 Å². The molecular weight excluding hydrogens is 242 g/mol. The third kappa shape index (κ3) is 3.12. The summed E-state index contributed by atoms with van der Waals surface area (Å²) in [7, 11) is 0. The molecule has 5 heteroatoms. The van der Waals surface area contributed by atoms with Gasteiger partial charge in [-0.05, 0) is 42.9 Å². The van der Waals surface area contributed by atoms with Crippen LogP contribution in [0.15, 0.2) is 28.8 Å². The van der Waals surface area contributed by atoms with Crippen molar-refractivity contribution < 1.29 is 9.63 Å². The van der Waals surface area contributed by atoms with Crippen molar-refractivity contribution in [3.05, 3.63) is 41.5 Å². The van der Waals surface area contributed by atoms with Gasteiger partial charge >= 0.3 is 0 Å². The fourth-order valence-electron chi connectivity index (χ4n) is 2.05. The summed E-state index contributed by atoms with van der Waals surface area (Å²) in [5, 5.41) is 13.2. The van der Waals surface area contributed by atoms with Crippen molar-refractivity contribution in [1.82, 2.24) is 10.1 Å². The summed E-state index contributed by atoms with van der Waals surface area (Å²) in [5.74, 6) is 2.24. The SMILES string of the molecule is N[C@H](Cc1ccc(O)cc1)c1nc(CC2CC2)no1. The number of aromatic nitrogens is 2. The molecule has 0 amide bonds. The van der Waals surface area contributed by atoms with Crippen LogP contribution in [0.5, 0.6) is 5.75 Å². The lowest BCUT2D eigenvalue weighted by atomic mass is 10.1. The van der Waals surface area contributed by atoms with Crippen molar-refractivity contribution in [3.63, 3.8) is 0 Å². The molecule has 1 fully saturated rings. The molecule has 3 rings (SSSR count). The van der Waals surface area contributed by atoms with Gasteiger partial charge in [-0.2, -0.15) is 4.98 Å². The highest BCUT2D eigenvalue weighted by molar-refractivity contribution is 5.26. The van der Waals surface area contributed by atoms with E-state index < -0.39 is 0 Å². The van der Waals surface area contributed by atoms with Crippen molar-refractivity contribution in [3.8, 4) is 5.75 Å². The summed E-state index contributed by atoms with van der Waals surface area (Å²) in [6.07, 6.45) is 4.05. The van der Waals surface area contributed by atoms with Crippen LogP contribution in [0.3, 0.4) is 0 Å². The molecule has 0 aliphatic heterocycles. The summed E-state index contributed by atoms with van der Waals surface area (Å²) in [6, 6.07) is 6.68. The maximum atomic E-state index is 9.23. The van der Waals surface area contributed by atoms with Gasteiger partial charge in [0.2, 0.25) is 5.89 Å². The summed E-state index contributed by atoms with van der Waals surface area (Å²) in [4.78, 5) is 4.35. The number of aromatic hydroxyl groups is 1. The Morgan fingerprint density at radius 3 is 2.74 bits per heavy atom. The van der Waals surface area contributed by atoms with Crippen molar-refractivity contribution in [2.75, 3.05) is 0 Å². The smallest absolute Gasteiger partial charge is 0.243 e. The van der Waals surface area contributed by atoms with Gasteiger partial charge in [0.05, 0.1) is 6.04 Å². The molecule has 1 atom stereocenters. The van der Waals surface area contributed by atoms with Gasteiger partial charge in [0, 0.05) is 6.42 Å². The van der Waals surface area contributed by atoms with Gasteiger partial charge in [-0.3, -0.25) is 0 Å². The number of benzene rings is 1. The molecule has 100 valence electrons. The van der Waals surface area contributed by atoms with Crippen LogP contribution in [0, 0.1) is 5.92 Å². The van der Waals surface area contributed by atoms with Crippen LogP contribution in [0.1, 0.15) is 36.2 Å². The molecule has 2 aromatic rings. The average Bonchev–Trinajstić information content (AvgIpc) is 3.08. The molecular formula is C14H17N3O2. The van der Waals surface area contributed by atoms with Crippen LogP contribution in [-0.2, 0) is 12.8 Å². The minimum atomic E-state index is -0.301. The second kappa shape index (κ2) is 5.01. The molecule has 5 nitrogen and oxygen atoms in total. The number of phenols is 1. The Morgan fingerprint density at radius 2 is 2.05 bits per heavy atom. The van der Waals surface area contributed by atoms with Crippen LogP contribution >= 0.6 is 0 Å². The predicted octanol–water partition coefficient (Wildman–Crippen LogP) is 1.97. The second-order valence-electron chi connectivity index (χ2n) is 5.17. The zero-order valence-corrected chi connectivity index (χ0v) is 10.6. The Bertz CT molecular complexity index is 546. The minimum Gasteiger partial charge on any atom is -0.508 e. The highest BCUT2D eigenvalue weighted by atomic mass is 16.5. The highest BCUT2D eigenvalue weighted by Crippen LogP contribution is 2.32. The van der Waals surface area contributed by atoms with E-state index in [0.29, 0.717) is 12.3 Å². The van der Waals surface area contributed by atoms with Gasteiger partial charge in [-0.1, -0.05) is 17.3 Å². The standard InChI is InChI=1S/C14H17N3O2/c15-12(7-9-3-5-11(18)6-4-9)14-16-13(17-19-14)8-10-1-2-10/h3-6,10,12,18H,1-2,7-8,15H2/t12-/m1/s1. The lowest BCUT2D eigenvalue weighted by Gasteiger charge is -2.06. The number of hydrogen-bond acceptors (Lipinski definition) is 5. The normalized spacial score (nSPS) is 16.5. The molecule has 0 spiro atoms. The van der Waals surface area contributed by atoms with Crippen LogP contribution in [0.25, 0.3) is 0 Å². The molecule has 1 heterocycles. The number of nitrogens with zero attached hydrogens (tertiary/aromatic N) is 2. The van der Waals surface area contributed by atoms with E-state index in [1.165, 1.54) is 12.8 Å². The van der Waals surface area contributed by atoms with Gasteiger partial charge in [-0.15, -0.1) is 0 Å². The summed E-state index contributed by atoms with van der Waals surface area (Å²) >= 11 is 0. The van der Waals surface area contributed by atoms with E-state index in [0.717, 1.165) is 23.7 Å². The zero-order valence-electron chi connectivity index (χ0n) is 10.6. The summed E-state index contributed by atoms with van der Waals surface area (Å²) in [5.41, 5.74) is 7.10. The lowest BCUT2D eigenvalue weighted by molar-refractivity contribution is 0.349. The summed E-state index contributed by atoms with van der Waals surface area (Å²) in [6.45, 7) is 0. The Balaban J connectivity index is 1.63. The number of phenolic OH excluding ortho intramolecular Hbond substituents is 1. The van der Waals surface area contributed by atoms with E-state index in [9.17, 15) is 5.11 Å². The molecule has 1 aliphatic rings. The Kier molecular flexibility index (Phi) is 3.21. The second-order valence-corrected chi connectivity index (χ2v) is 5.17. The number of rotatable bonds is 5. The lowest BCUT2D eigenvalue weighted by Crippen LogP contribution is -2.13.